The number of benzene rings is 1. The molecular weight excluding hydrogens is 214 g/mol. The molecule has 0 radical (unpaired) electrons. The first kappa shape index (κ1) is 12.1. The fourth-order valence-electron chi connectivity index (χ4n) is 1.04. The largest absolute Gasteiger partial charge is 0.322 e. The molecule has 5 heteroatoms. The van der Waals surface area contributed by atoms with Crippen molar-refractivity contribution in [2.45, 2.75) is 0 Å². The fraction of sp³-hybridized carbons (Fsp3) is 0.182. The van der Waals surface area contributed by atoms with Crippen molar-refractivity contribution < 1.29 is 13.6 Å². The van der Waals surface area contributed by atoms with Gasteiger partial charge in [0.05, 0.1) is 18.8 Å². The molecule has 0 atom stereocenters. The van der Waals surface area contributed by atoms with Crippen LogP contribution in [0.4, 0.5) is 14.5 Å². The van der Waals surface area contributed by atoms with Gasteiger partial charge in [-0.1, -0.05) is 5.92 Å². The molecule has 0 bridgehead atoms. The van der Waals surface area contributed by atoms with E-state index in [1.165, 1.54) is 0 Å². The maximum Gasteiger partial charge on any atom is 0.238 e. The minimum Gasteiger partial charge on any atom is -0.322 e. The first-order chi connectivity index (χ1) is 7.63. The second-order valence-corrected chi connectivity index (χ2v) is 2.98. The molecule has 2 N–H and O–H groups in total. The zero-order valence-electron chi connectivity index (χ0n) is 8.39. The summed E-state index contributed by atoms with van der Waals surface area (Å²) in [5.74, 6) is 0.490. The SMILES string of the molecule is C#CCNCC(=O)Nc1cc(F)ccc1F. The topological polar surface area (TPSA) is 41.1 Å². The van der Waals surface area contributed by atoms with Crippen molar-refractivity contribution >= 4 is 11.6 Å². The van der Waals surface area contributed by atoms with E-state index in [1.54, 1.807) is 0 Å². The van der Waals surface area contributed by atoms with Crippen LogP contribution in [0.2, 0.25) is 0 Å². The van der Waals surface area contributed by atoms with Crippen molar-refractivity contribution in [1.82, 2.24) is 5.32 Å². The third-order valence-electron chi connectivity index (χ3n) is 1.72. The van der Waals surface area contributed by atoms with Crippen LogP contribution >= 0.6 is 0 Å². The molecule has 84 valence electrons. The molecule has 1 aromatic carbocycles. The Bertz CT molecular complexity index is 426. The number of terminal acetylenes is 1. The number of anilines is 1. The van der Waals surface area contributed by atoms with Crippen LogP contribution in [-0.4, -0.2) is 19.0 Å². The normalized spacial score (nSPS) is 9.56. The Morgan fingerprint density at radius 2 is 2.19 bits per heavy atom. The Kier molecular flexibility index (Phi) is 4.42. The second-order valence-electron chi connectivity index (χ2n) is 2.98. The summed E-state index contributed by atoms with van der Waals surface area (Å²) in [6, 6.07) is 2.83. The molecule has 16 heavy (non-hydrogen) atoms. The van der Waals surface area contributed by atoms with Gasteiger partial charge in [-0.25, -0.2) is 8.78 Å². The lowest BCUT2D eigenvalue weighted by atomic mass is 10.3. The van der Waals surface area contributed by atoms with E-state index in [0.717, 1.165) is 18.2 Å². The Morgan fingerprint density at radius 3 is 2.88 bits per heavy atom. The first-order valence-corrected chi connectivity index (χ1v) is 4.52. The lowest BCUT2D eigenvalue weighted by molar-refractivity contribution is -0.115. The summed E-state index contributed by atoms with van der Waals surface area (Å²) in [5, 5.41) is 4.85. The number of carbonyl (C=O) groups is 1. The van der Waals surface area contributed by atoms with Crippen molar-refractivity contribution in [1.29, 1.82) is 0 Å². The summed E-state index contributed by atoms with van der Waals surface area (Å²) in [6.07, 6.45) is 4.96. The summed E-state index contributed by atoms with van der Waals surface area (Å²) < 4.78 is 25.8. The minimum atomic E-state index is -0.688. The predicted molar refractivity (Wildman–Crippen MR) is 56.7 cm³/mol. The van der Waals surface area contributed by atoms with Gasteiger partial charge in [0.25, 0.3) is 0 Å². The molecule has 0 unspecified atom stereocenters. The highest BCUT2D eigenvalue weighted by atomic mass is 19.1. The number of amides is 1. The van der Waals surface area contributed by atoms with E-state index in [9.17, 15) is 13.6 Å². The van der Waals surface area contributed by atoms with Crippen LogP contribution in [0, 0.1) is 24.0 Å². The van der Waals surface area contributed by atoms with E-state index in [0.29, 0.717) is 0 Å². The summed E-state index contributed by atoms with van der Waals surface area (Å²) in [7, 11) is 0. The molecule has 0 saturated heterocycles. The monoisotopic (exact) mass is 224 g/mol. The van der Waals surface area contributed by atoms with Gasteiger partial charge in [-0.15, -0.1) is 6.42 Å². The van der Waals surface area contributed by atoms with Gasteiger partial charge in [0.1, 0.15) is 11.6 Å². The van der Waals surface area contributed by atoms with Crippen LogP contribution in [-0.2, 0) is 4.79 Å². The summed E-state index contributed by atoms with van der Waals surface area (Å²) >= 11 is 0. The van der Waals surface area contributed by atoms with Crippen LogP contribution in [0.3, 0.4) is 0 Å². The van der Waals surface area contributed by atoms with E-state index in [2.05, 4.69) is 16.6 Å². The Balaban J connectivity index is 2.56. The molecular formula is C11H10F2N2O. The van der Waals surface area contributed by atoms with Crippen LogP contribution < -0.4 is 10.6 Å². The van der Waals surface area contributed by atoms with E-state index in [1.807, 2.05) is 0 Å². The molecule has 1 rings (SSSR count). The molecule has 0 aliphatic carbocycles. The van der Waals surface area contributed by atoms with Crippen molar-refractivity contribution in [2.24, 2.45) is 0 Å². The highest BCUT2D eigenvalue weighted by Gasteiger charge is 2.07. The van der Waals surface area contributed by atoms with Gasteiger partial charge in [-0.3, -0.25) is 10.1 Å². The molecule has 3 nitrogen and oxygen atoms in total. The zero-order chi connectivity index (χ0) is 12.0. The maximum absolute atomic E-state index is 13.1. The van der Waals surface area contributed by atoms with Gasteiger partial charge in [0.2, 0.25) is 5.91 Å². The average molecular weight is 224 g/mol. The second kappa shape index (κ2) is 5.83. The zero-order valence-corrected chi connectivity index (χ0v) is 8.39. The minimum absolute atomic E-state index is 0.0554. The smallest absolute Gasteiger partial charge is 0.238 e. The number of rotatable bonds is 4. The van der Waals surface area contributed by atoms with Gasteiger partial charge in [0, 0.05) is 6.07 Å². The number of hydrogen-bond donors (Lipinski definition) is 2. The molecule has 0 aliphatic rings. The Hall–Kier alpha value is -1.93. The van der Waals surface area contributed by atoms with Crippen LogP contribution in [0.5, 0.6) is 0 Å². The van der Waals surface area contributed by atoms with Crippen molar-refractivity contribution in [3.8, 4) is 12.3 Å². The highest BCUT2D eigenvalue weighted by molar-refractivity contribution is 5.92. The number of hydrogen-bond acceptors (Lipinski definition) is 2. The third-order valence-corrected chi connectivity index (χ3v) is 1.72. The van der Waals surface area contributed by atoms with Gasteiger partial charge in [0.15, 0.2) is 0 Å². The third kappa shape index (κ3) is 3.67. The summed E-state index contributed by atoms with van der Waals surface area (Å²) in [6.45, 7) is 0.180. The molecule has 0 saturated carbocycles. The van der Waals surface area contributed by atoms with E-state index < -0.39 is 17.5 Å². The highest BCUT2D eigenvalue weighted by Crippen LogP contribution is 2.14. The number of nitrogens with one attached hydrogen (secondary N) is 2. The van der Waals surface area contributed by atoms with Crippen LogP contribution in [0.25, 0.3) is 0 Å². The number of halogens is 2. The molecule has 1 aromatic rings. The lowest BCUT2D eigenvalue weighted by Gasteiger charge is -2.06. The lowest BCUT2D eigenvalue weighted by Crippen LogP contribution is -2.28. The first-order valence-electron chi connectivity index (χ1n) is 4.52. The van der Waals surface area contributed by atoms with Crippen molar-refractivity contribution in [3.63, 3.8) is 0 Å². The molecule has 0 spiro atoms. The Morgan fingerprint density at radius 1 is 1.44 bits per heavy atom. The fourth-order valence-corrected chi connectivity index (χ4v) is 1.04. The molecule has 1 amide bonds. The predicted octanol–water partition coefficient (Wildman–Crippen LogP) is 1.13. The standard InChI is InChI=1S/C11H10F2N2O/c1-2-5-14-7-11(16)15-10-6-8(12)3-4-9(10)13/h1,3-4,6,14H,5,7H2,(H,15,16). The number of carbonyl (C=O) groups excluding carboxylic acids is 1. The molecule has 0 aliphatic heterocycles. The average Bonchev–Trinajstić information content (AvgIpc) is 2.24. The maximum atomic E-state index is 13.1. The summed E-state index contributed by atoms with van der Waals surface area (Å²) in [4.78, 5) is 11.2. The van der Waals surface area contributed by atoms with E-state index in [-0.39, 0.29) is 18.8 Å². The van der Waals surface area contributed by atoms with Crippen LogP contribution in [0.1, 0.15) is 0 Å². The van der Waals surface area contributed by atoms with Gasteiger partial charge in [-0.05, 0) is 12.1 Å². The van der Waals surface area contributed by atoms with E-state index in [4.69, 9.17) is 6.42 Å². The Labute approximate surface area is 91.8 Å². The van der Waals surface area contributed by atoms with Gasteiger partial charge in [-0.2, -0.15) is 0 Å². The van der Waals surface area contributed by atoms with Crippen LogP contribution in [0.15, 0.2) is 18.2 Å². The quantitative estimate of drug-likeness (QED) is 0.594. The van der Waals surface area contributed by atoms with Crippen molar-refractivity contribution in [3.05, 3.63) is 29.8 Å². The molecule has 0 heterocycles. The molecule has 0 fully saturated rings. The molecule has 0 aromatic heterocycles. The van der Waals surface area contributed by atoms with Crippen molar-refractivity contribution in [2.75, 3.05) is 18.4 Å². The van der Waals surface area contributed by atoms with Gasteiger partial charge < -0.3 is 5.32 Å². The van der Waals surface area contributed by atoms with Gasteiger partial charge >= 0.3 is 0 Å². The van der Waals surface area contributed by atoms with E-state index >= 15 is 0 Å². The summed E-state index contributed by atoms with van der Waals surface area (Å²) in [5.41, 5.74) is -0.187.